The van der Waals surface area contributed by atoms with Gasteiger partial charge in [0.05, 0.1) is 16.9 Å². The number of non-ortho nitro benzene ring substituents is 1. The largest absolute Gasteiger partial charge is 0.478 e. The SMILES string of the molecule is O=C(Cc1ccc(C(=O)O)cc1)NCCCCc1ccc([N+](=O)[O-])cc1. The minimum Gasteiger partial charge on any atom is -0.478 e. The van der Waals surface area contributed by atoms with Crippen LogP contribution in [0.3, 0.4) is 0 Å². The Balaban J connectivity index is 1.65. The number of hydrogen-bond acceptors (Lipinski definition) is 4. The second kappa shape index (κ2) is 9.31. The van der Waals surface area contributed by atoms with Gasteiger partial charge in [-0.25, -0.2) is 4.79 Å². The van der Waals surface area contributed by atoms with Crippen molar-refractivity contribution < 1.29 is 19.6 Å². The van der Waals surface area contributed by atoms with E-state index in [2.05, 4.69) is 5.32 Å². The van der Waals surface area contributed by atoms with Crippen molar-refractivity contribution in [1.82, 2.24) is 5.32 Å². The number of hydrogen-bond donors (Lipinski definition) is 2. The Kier molecular flexibility index (Phi) is 6.84. The molecule has 0 saturated heterocycles. The van der Waals surface area contributed by atoms with Gasteiger partial charge in [-0.15, -0.1) is 0 Å². The number of aryl methyl sites for hydroxylation is 1. The quantitative estimate of drug-likeness (QED) is 0.408. The summed E-state index contributed by atoms with van der Waals surface area (Å²) in [7, 11) is 0. The average Bonchev–Trinajstić information content (AvgIpc) is 2.62. The Morgan fingerprint density at radius 3 is 2.15 bits per heavy atom. The van der Waals surface area contributed by atoms with E-state index >= 15 is 0 Å². The lowest BCUT2D eigenvalue weighted by atomic mass is 10.1. The van der Waals surface area contributed by atoms with E-state index in [-0.39, 0.29) is 23.6 Å². The maximum Gasteiger partial charge on any atom is 0.335 e. The molecule has 0 aromatic heterocycles. The first-order valence-corrected chi connectivity index (χ1v) is 8.28. The monoisotopic (exact) mass is 356 g/mol. The van der Waals surface area contributed by atoms with Crippen molar-refractivity contribution in [2.45, 2.75) is 25.7 Å². The summed E-state index contributed by atoms with van der Waals surface area (Å²) >= 11 is 0. The van der Waals surface area contributed by atoms with Crippen LogP contribution in [0, 0.1) is 10.1 Å². The van der Waals surface area contributed by atoms with Gasteiger partial charge in [-0.2, -0.15) is 0 Å². The smallest absolute Gasteiger partial charge is 0.335 e. The molecule has 2 aromatic carbocycles. The van der Waals surface area contributed by atoms with Gasteiger partial charge in [-0.3, -0.25) is 14.9 Å². The van der Waals surface area contributed by atoms with Crippen LogP contribution < -0.4 is 5.32 Å². The molecule has 0 heterocycles. The zero-order valence-corrected chi connectivity index (χ0v) is 14.2. The van der Waals surface area contributed by atoms with Crippen LogP contribution in [-0.4, -0.2) is 28.5 Å². The van der Waals surface area contributed by atoms with E-state index < -0.39 is 10.9 Å². The Hall–Kier alpha value is -3.22. The van der Waals surface area contributed by atoms with E-state index in [1.165, 1.54) is 24.3 Å². The fraction of sp³-hybridized carbons (Fsp3) is 0.263. The maximum atomic E-state index is 11.9. The van der Waals surface area contributed by atoms with Crippen LogP contribution in [-0.2, 0) is 17.6 Å². The molecule has 0 aliphatic carbocycles. The van der Waals surface area contributed by atoms with Crippen LogP contribution in [0.4, 0.5) is 5.69 Å². The van der Waals surface area contributed by atoms with Gasteiger partial charge >= 0.3 is 5.97 Å². The molecule has 7 nitrogen and oxygen atoms in total. The van der Waals surface area contributed by atoms with Crippen LogP contribution in [0.25, 0.3) is 0 Å². The number of amides is 1. The van der Waals surface area contributed by atoms with Crippen LogP contribution >= 0.6 is 0 Å². The molecule has 0 bridgehead atoms. The standard InChI is InChI=1S/C19H20N2O5/c22-18(13-15-4-8-16(9-5-15)19(23)24)20-12-2-1-3-14-6-10-17(11-7-14)21(25)26/h4-11H,1-3,12-13H2,(H,20,22)(H,23,24). The number of aromatic carboxylic acids is 1. The molecule has 0 spiro atoms. The fourth-order valence-electron chi connectivity index (χ4n) is 2.48. The first kappa shape index (κ1) is 19.1. The predicted molar refractivity (Wildman–Crippen MR) is 96.1 cm³/mol. The molecule has 2 aromatic rings. The van der Waals surface area contributed by atoms with Crippen LogP contribution in [0.15, 0.2) is 48.5 Å². The molecule has 0 radical (unpaired) electrons. The third-order valence-electron chi connectivity index (χ3n) is 3.93. The minimum absolute atomic E-state index is 0.0809. The molecule has 0 aliphatic heterocycles. The van der Waals surface area contributed by atoms with Gasteiger partial charge in [0.1, 0.15) is 0 Å². The summed E-state index contributed by atoms with van der Waals surface area (Å²) in [6, 6.07) is 12.7. The van der Waals surface area contributed by atoms with Gasteiger partial charge in [0, 0.05) is 18.7 Å². The molecule has 0 atom stereocenters. The third kappa shape index (κ3) is 6.01. The summed E-state index contributed by atoms with van der Waals surface area (Å²) in [5.74, 6) is -1.10. The lowest BCUT2D eigenvalue weighted by Crippen LogP contribution is -2.26. The number of benzene rings is 2. The van der Waals surface area contributed by atoms with Gasteiger partial charge in [0.2, 0.25) is 5.91 Å². The number of carbonyl (C=O) groups is 2. The number of unbranched alkanes of at least 4 members (excludes halogenated alkanes) is 1. The third-order valence-corrected chi connectivity index (χ3v) is 3.93. The molecule has 26 heavy (non-hydrogen) atoms. The highest BCUT2D eigenvalue weighted by Gasteiger charge is 2.06. The van der Waals surface area contributed by atoms with Gasteiger partial charge in [-0.05, 0) is 42.5 Å². The zero-order chi connectivity index (χ0) is 18.9. The number of nitrogens with one attached hydrogen (secondary N) is 1. The molecule has 7 heteroatoms. The molecule has 2 N–H and O–H groups in total. The number of nitro groups is 1. The van der Waals surface area contributed by atoms with E-state index in [0.29, 0.717) is 6.54 Å². The van der Waals surface area contributed by atoms with Crippen LogP contribution in [0.5, 0.6) is 0 Å². The number of nitro benzene ring substituents is 1. The highest BCUT2D eigenvalue weighted by Crippen LogP contribution is 2.13. The van der Waals surface area contributed by atoms with Crippen molar-refractivity contribution in [3.63, 3.8) is 0 Å². The molecular weight excluding hydrogens is 336 g/mol. The van der Waals surface area contributed by atoms with Gasteiger partial charge in [0.15, 0.2) is 0 Å². The molecule has 1 amide bonds. The summed E-state index contributed by atoms with van der Waals surface area (Å²) in [5, 5.41) is 22.3. The van der Waals surface area contributed by atoms with Crippen molar-refractivity contribution in [3.8, 4) is 0 Å². The Morgan fingerprint density at radius 2 is 1.58 bits per heavy atom. The Bertz CT molecular complexity index is 770. The maximum absolute atomic E-state index is 11.9. The van der Waals surface area contributed by atoms with E-state index in [4.69, 9.17) is 5.11 Å². The van der Waals surface area contributed by atoms with Gasteiger partial charge in [0.25, 0.3) is 5.69 Å². The normalized spacial score (nSPS) is 10.3. The summed E-state index contributed by atoms with van der Waals surface area (Å²) < 4.78 is 0. The summed E-state index contributed by atoms with van der Waals surface area (Å²) in [6.45, 7) is 0.555. The van der Waals surface area contributed by atoms with Gasteiger partial charge < -0.3 is 10.4 Å². The molecule has 0 saturated carbocycles. The van der Waals surface area contributed by atoms with Crippen LogP contribution in [0.2, 0.25) is 0 Å². The molecule has 0 unspecified atom stereocenters. The Morgan fingerprint density at radius 1 is 0.962 bits per heavy atom. The summed E-state index contributed by atoms with van der Waals surface area (Å²) in [4.78, 5) is 32.8. The van der Waals surface area contributed by atoms with Crippen molar-refractivity contribution in [2.75, 3.05) is 6.54 Å². The van der Waals surface area contributed by atoms with Crippen LogP contribution in [0.1, 0.15) is 34.3 Å². The second-order valence-corrected chi connectivity index (χ2v) is 5.91. The van der Waals surface area contributed by atoms with E-state index in [9.17, 15) is 19.7 Å². The number of carboxylic acids is 1. The molecule has 136 valence electrons. The number of nitrogens with zero attached hydrogens (tertiary/aromatic N) is 1. The summed E-state index contributed by atoms with van der Waals surface area (Å²) in [5.41, 5.74) is 2.07. The van der Waals surface area contributed by atoms with E-state index in [1.807, 2.05) is 0 Å². The molecular formula is C19H20N2O5. The van der Waals surface area contributed by atoms with Crippen molar-refractivity contribution in [3.05, 3.63) is 75.3 Å². The second-order valence-electron chi connectivity index (χ2n) is 5.91. The first-order chi connectivity index (χ1) is 12.5. The lowest BCUT2D eigenvalue weighted by Gasteiger charge is -2.06. The molecule has 0 fully saturated rings. The van der Waals surface area contributed by atoms with Gasteiger partial charge in [-0.1, -0.05) is 24.3 Å². The Labute approximate surface area is 150 Å². The number of carbonyl (C=O) groups excluding carboxylic acids is 1. The molecule has 2 rings (SSSR count). The highest BCUT2D eigenvalue weighted by atomic mass is 16.6. The number of carboxylic acid groups (broad SMARTS) is 1. The lowest BCUT2D eigenvalue weighted by molar-refractivity contribution is -0.384. The predicted octanol–water partition coefficient (Wildman–Crippen LogP) is 2.97. The minimum atomic E-state index is -0.992. The fourth-order valence-corrected chi connectivity index (χ4v) is 2.48. The summed E-state index contributed by atoms with van der Waals surface area (Å²) in [6.07, 6.45) is 2.68. The van der Waals surface area contributed by atoms with E-state index in [1.54, 1.807) is 24.3 Å². The topological polar surface area (TPSA) is 110 Å². The van der Waals surface area contributed by atoms with Crippen molar-refractivity contribution in [2.24, 2.45) is 0 Å². The number of rotatable bonds is 9. The zero-order valence-electron chi connectivity index (χ0n) is 14.2. The van der Waals surface area contributed by atoms with E-state index in [0.717, 1.165) is 30.4 Å². The first-order valence-electron chi connectivity index (χ1n) is 8.28. The van der Waals surface area contributed by atoms with Crippen molar-refractivity contribution in [1.29, 1.82) is 0 Å². The molecule has 0 aliphatic rings. The van der Waals surface area contributed by atoms with Crippen molar-refractivity contribution >= 4 is 17.6 Å². The highest BCUT2D eigenvalue weighted by molar-refractivity contribution is 5.87. The average molecular weight is 356 g/mol.